The first-order chi connectivity index (χ1) is 11.5. The lowest BCUT2D eigenvalue weighted by molar-refractivity contribution is -0.121. The fourth-order valence-electron chi connectivity index (χ4n) is 2.08. The standard InChI is InChI=1S/C17H27ClN4O2/c1-12(2)22-16(23)8-10-21-17(19-3)20-9-7-13-5-6-14(24-4)11-15(13)18/h5-6,11-12H,7-10H2,1-4H3,(H,22,23)(H2,19,20,21). The molecule has 0 aliphatic carbocycles. The van der Waals surface area contributed by atoms with E-state index in [1.54, 1.807) is 20.2 Å². The van der Waals surface area contributed by atoms with Crippen LogP contribution in [0, 0.1) is 0 Å². The minimum absolute atomic E-state index is 0.0259. The Morgan fingerprint density at radius 3 is 2.58 bits per heavy atom. The Kier molecular flexibility index (Phi) is 9.01. The molecule has 24 heavy (non-hydrogen) atoms. The number of hydrogen-bond acceptors (Lipinski definition) is 3. The van der Waals surface area contributed by atoms with Crippen LogP contribution in [-0.4, -0.2) is 45.2 Å². The van der Waals surface area contributed by atoms with Gasteiger partial charge in [-0.25, -0.2) is 0 Å². The van der Waals surface area contributed by atoms with Crippen molar-refractivity contribution in [1.29, 1.82) is 0 Å². The number of carbonyl (C=O) groups excluding carboxylic acids is 1. The molecule has 0 radical (unpaired) electrons. The summed E-state index contributed by atoms with van der Waals surface area (Å²) < 4.78 is 5.14. The van der Waals surface area contributed by atoms with E-state index in [9.17, 15) is 4.79 Å². The van der Waals surface area contributed by atoms with Gasteiger partial charge in [0.1, 0.15) is 5.75 Å². The molecule has 0 heterocycles. The largest absolute Gasteiger partial charge is 0.497 e. The number of aliphatic imine (C=N–C) groups is 1. The number of carbonyl (C=O) groups is 1. The second-order valence-corrected chi connectivity index (χ2v) is 6.01. The zero-order valence-electron chi connectivity index (χ0n) is 14.8. The predicted octanol–water partition coefficient (Wildman–Crippen LogP) is 1.97. The van der Waals surface area contributed by atoms with Crippen LogP contribution < -0.4 is 20.7 Å². The highest BCUT2D eigenvalue weighted by Gasteiger charge is 2.05. The zero-order valence-corrected chi connectivity index (χ0v) is 15.5. The quantitative estimate of drug-likeness (QED) is 0.493. The molecule has 0 saturated carbocycles. The molecule has 0 atom stereocenters. The van der Waals surface area contributed by atoms with Crippen molar-refractivity contribution in [3.05, 3.63) is 28.8 Å². The van der Waals surface area contributed by atoms with Gasteiger partial charge < -0.3 is 20.7 Å². The average Bonchev–Trinajstić information content (AvgIpc) is 2.53. The topological polar surface area (TPSA) is 74.8 Å². The summed E-state index contributed by atoms with van der Waals surface area (Å²) in [4.78, 5) is 15.7. The summed E-state index contributed by atoms with van der Waals surface area (Å²) in [6.07, 6.45) is 1.17. The van der Waals surface area contributed by atoms with Gasteiger partial charge in [-0.3, -0.25) is 9.79 Å². The van der Waals surface area contributed by atoms with Crippen LogP contribution in [0.15, 0.2) is 23.2 Å². The number of nitrogens with one attached hydrogen (secondary N) is 3. The van der Waals surface area contributed by atoms with E-state index in [1.807, 2.05) is 26.0 Å². The summed E-state index contributed by atoms with van der Waals surface area (Å²) >= 11 is 6.22. The number of ether oxygens (including phenoxy) is 1. The SMILES string of the molecule is CN=C(NCCC(=O)NC(C)C)NCCc1ccc(OC)cc1Cl. The molecule has 0 spiro atoms. The third-order valence-corrected chi connectivity index (χ3v) is 3.62. The molecule has 134 valence electrons. The fraction of sp³-hybridized carbons (Fsp3) is 0.529. The Balaban J connectivity index is 2.33. The van der Waals surface area contributed by atoms with Gasteiger partial charge in [0.05, 0.1) is 7.11 Å². The van der Waals surface area contributed by atoms with Gasteiger partial charge in [-0.05, 0) is 38.0 Å². The van der Waals surface area contributed by atoms with Crippen molar-refractivity contribution in [2.24, 2.45) is 4.99 Å². The highest BCUT2D eigenvalue weighted by atomic mass is 35.5. The molecule has 3 N–H and O–H groups in total. The van der Waals surface area contributed by atoms with E-state index in [0.29, 0.717) is 30.5 Å². The lowest BCUT2D eigenvalue weighted by Crippen LogP contribution is -2.40. The van der Waals surface area contributed by atoms with Gasteiger partial charge in [0.25, 0.3) is 0 Å². The zero-order chi connectivity index (χ0) is 17.9. The number of amides is 1. The first-order valence-corrected chi connectivity index (χ1v) is 8.40. The predicted molar refractivity (Wildman–Crippen MR) is 99.0 cm³/mol. The number of hydrogen-bond donors (Lipinski definition) is 3. The number of methoxy groups -OCH3 is 1. The second-order valence-electron chi connectivity index (χ2n) is 5.61. The van der Waals surface area contributed by atoms with Crippen molar-refractivity contribution in [3.63, 3.8) is 0 Å². The molecule has 0 unspecified atom stereocenters. The van der Waals surface area contributed by atoms with E-state index >= 15 is 0 Å². The number of halogens is 1. The summed E-state index contributed by atoms with van der Waals surface area (Å²) in [7, 11) is 3.31. The van der Waals surface area contributed by atoms with Crippen molar-refractivity contribution in [2.75, 3.05) is 27.2 Å². The minimum Gasteiger partial charge on any atom is -0.497 e. The lowest BCUT2D eigenvalue weighted by atomic mass is 10.1. The average molecular weight is 355 g/mol. The number of rotatable bonds is 8. The van der Waals surface area contributed by atoms with Crippen LogP contribution in [0.4, 0.5) is 0 Å². The molecule has 0 aliphatic rings. The third-order valence-electron chi connectivity index (χ3n) is 3.26. The van der Waals surface area contributed by atoms with Crippen molar-refractivity contribution >= 4 is 23.5 Å². The van der Waals surface area contributed by atoms with Crippen LogP contribution in [0.5, 0.6) is 5.75 Å². The van der Waals surface area contributed by atoms with E-state index in [0.717, 1.165) is 17.7 Å². The van der Waals surface area contributed by atoms with E-state index in [-0.39, 0.29) is 11.9 Å². The molecular formula is C17H27ClN4O2. The van der Waals surface area contributed by atoms with Gasteiger partial charge in [-0.2, -0.15) is 0 Å². The van der Waals surface area contributed by atoms with E-state index in [2.05, 4.69) is 20.9 Å². The first-order valence-electron chi connectivity index (χ1n) is 8.02. The second kappa shape index (κ2) is 10.8. The molecule has 0 bridgehead atoms. The summed E-state index contributed by atoms with van der Waals surface area (Å²) in [6, 6.07) is 5.80. The Morgan fingerprint density at radius 1 is 1.29 bits per heavy atom. The summed E-state index contributed by atoms with van der Waals surface area (Å²) in [5.41, 5.74) is 1.04. The van der Waals surface area contributed by atoms with Gasteiger partial charge in [-0.15, -0.1) is 0 Å². The van der Waals surface area contributed by atoms with E-state index < -0.39 is 0 Å². The molecular weight excluding hydrogens is 328 g/mol. The van der Waals surface area contributed by atoms with Gasteiger partial charge in [0.2, 0.25) is 5.91 Å². The Hall–Kier alpha value is -1.95. The molecule has 7 heteroatoms. The monoisotopic (exact) mass is 354 g/mol. The lowest BCUT2D eigenvalue weighted by Gasteiger charge is -2.13. The molecule has 1 amide bonds. The maximum Gasteiger partial charge on any atom is 0.221 e. The Bertz CT molecular complexity index is 562. The molecule has 0 aliphatic heterocycles. The van der Waals surface area contributed by atoms with Crippen LogP contribution >= 0.6 is 11.6 Å². The van der Waals surface area contributed by atoms with Crippen LogP contribution in [0.1, 0.15) is 25.8 Å². The summed E-state index contributed by atoms with van der Waals surface area (Å²) in [6.45, 7) is 5.09. The minimum atomic E-state index is 0.0259. The maximum atomic E-state index is 11.6. The van der Waals surface area contributed by atoms with Crippen molar-refractivity contribution < 1.29 is 9.53 Å². The molecule has 0 fully saturated rings. The van der Waals surface area contributed by atoms with E-state index in [1.165, 1.54) is 0 Å². The van der Waals surface area contributed by atoms with Gasteiger partial charge in [0.15, 0.2) is 5.96 Å². The Morgan fingerprint density at radius 2 is 2.00 bits per heavy atom. The smallest absolute Gasteiger partial charge is 0.221 e. The number of guanidine groups is 1. The maximum absolute atomic E-state index is 11.6. The molecule has 1 aromatic carbocycles. The van der Waals surface area contributed by atoms with E-state index in [4.69, 9.17) is 16.3 Å². The molecule has 0 aromatic heterocycles. The van der Waals surface area contributed by atoms with Crippen LogP contribution in [0.25, 0.3) is 0 Å². The van der Waals surface area contributed by atoms with Crippen LogP contribution in [0.2, 0.25) is 5.02 Å². The number of nitrogens with zero attached hydrogens (tertiary/aromatic N) is 1. The third kappa shape index (κ3) is 7.55. The van der Waals surface area contributed by atoms with Crippen molar-refractivity contribution in [2.45, 2.75) is 32.7 Å². The highest BCUT2D eigenvalue weighted by molar-refractivity contribution is 6.31. The van der Waals surface area contributed by atoms with Crippen LogP contribution in [-0.2, 0) is 11.2 Å². The van der Waals surface area contributed by atoms with Gasteiger partial charge in [0, 0.05) is 37.6 Å². The van der Waals surface area contributed by atoms with Gasteiger partial charge in [-0.1, -0.05) is 17.7 Å². The fourth-order valence-corrected chi connectivity index (χ4v) is 2.35. The Labute approximate surface area is 149 Å². The molecule has 0 saturated heterocycles. The van der Waals surface area contributed by atoms with Crippen molar-refractivity contribution in [3.8, 4) is 5.75 Å². The van der Waals surface area contributed by atoms with Crippen LogP contribution in [0.3, 0.4) is 0 Å². The van der Waals surface area contributed by atoms with Gasteiger partial charge >= 0.3 is 0 Å². The summed E-state index contributed by atoms with van der Waals surface area (Å²) in [5.74, 6) is 1.43. The molecule has 1 aromatic rings. The molecule has 1 rings (SSSR count). The highest BCUT2D eigenvalue weighted by Crippen LogP contribution is 2.22. The first kappa shape index (κ1) is 20.1. The molecule has 6 nitrogen and oxygen atoms in total. The normalized spacial score (nSPS) is 11.3. The summed E-state index contributed by atoms with van der Waals surface area (Å²) in [5, 5.41) is 9.86. The number of benzene rings is 1. The van der Waals surface area contributed by atoms with Crippen molar-refractivity contribution in [1.82, 2.24) is 16.0 Å².